The number of aromatic nitrogens is 1. The van der Waals surface area contributed by atoms with Gasteiger partial charge in [-0.2, -0.15) is 0 Å². The third kappa shape index (κ3) is 3.21. The number of hydrogen-bond acceptors (Lipinski definition) is 2. The lowest BCUT2D eigenvalue weighted by atomic mass is 9.74. The molecule has 5 nitrogen and oxygen atoms in total. The van der Waals surface area contributed by atoms with E-state index in [1.54, 1.807) is 0 Å². The summed E-state index contributed by atoms with van der Waals surface area (Å²) >= 11 is 0. The minimum atomic E-state index is -0.570. The molecule has 1 aliphatic rings. The summed E-state index contributed by atoms with van der Waals surface area (Å²) in [5.74, 6) is -0.836. The molecule has 0 spiro atoms. The average molecular weight is 277 g/mol. The fourth-order valence-electron chi connectivity index (χ4n) is 2.67. The number of carbonyl (C=O) groups is 2. The van der Waals surface area contributed by atoms with E-state index in [1.807, 2.05) is 29.1 Å². The molecule has 2 rings (SSSR count). The Bertz CT molecular complexity index is 474. The van der Waals surface area contributed by atoms with E-state index >= 15 is 0 Å². The van der Waals surface area contributed by atoms with Crippen LogP contribution < -0.4 is 10.6 Å². The van der Waals surface area contributed by atoms with E-state index < -0.39 is 5.92 Å². The van der Waals surface area contributed by atoms with Crippen molar-refractivity contribution in [2.45, 2.75) is 27.3 Å². The summed E-state index contributed by atoms with van der Waals surface area (Å²) in [6.07, 6.45) is 3.90. The second-order valence-corrected chi connectivity index (χ2v) is 6.41. The molecule has 110 valence electrons. The predicted octanol–water partition coefficient (Wildman–Crippen LogP) is 1.01. The minimum absolute atomic E-state index is 0.0431. The molecule has 1 aliphatic heterocycles. The predicted molar refractivity (Wildman–Crippen MR) is 76.9 cm³/mol. The van der Waals surface area contributed by atoms with Gasteiger partial charge in [0.15, 0.2) is 0 Å². The van der Waals surface area contributed by atoms with Crippen molar-refractivity contribution in [2.24, 2.45) is 17.3 Å². The highest BCUT2D eigenvalue weighted by Crippen LogP contribution is 2.35. The first-order valence-electron chi connectivity index (χ1n) is 7.06. The van der Waals surface area contributed by atoms with Crippen LogP contribution in [0.2, 0.25) is 0 Å². The van der Waals surface area contributed by atoms with Crippen LogP contribution in [-0.2, 0) is 16.1 Å². The van der Waals surface area contributed by atoms with Crippen LogP contribution in [0.5, 0.6) is 0 Å². The van der Waals surface area contributed by atoms with Gasteiger partial charge < -0.3 is 15.2 Å². The lowest BCUT2D eigenvalue weighted by Crippen LogP contribution is -2.41. The quantitative estimate of drug-likeness (QED) is 0.807. The number of hydrogen-bond donors (Lipinski definition) is 2. The maximum absolute atomic E-state index is 12.3. The Hall–Kier alpha value is -1.78. The summed E-state index contributed by atoms with van der Waals surface area (Å²) < 4.78 is 2.00. The van der Waals surface area contributed by atoms with Gasteiger partial charge in [-0.05, 0) is 17.5 Å². The van der Waals surface area contributed by atoms with E-state index in [2.05, 4.69) is 31.4 Å². The van der Waals surface area contributed by atoms with Crippen LogP contribution in [0.4, 0.5) is 0 Å². The van der Waals surface area contributed by atoms with E-state index in [-0.39, 0.29) is 23.1 Å². The van der Waals surface area contributed by atoms with Gasteiger partial charge >= 0.3 is 0 Å². The molecule has 0 radical (unpaired) electrons. The van der Waals surface area contributed by atoms with E-state index in [9.17, 15) is 9.59 Å². The van der Waals surface area contributed by atoms with Crippen molar-refractivity contribution in [3.8, 4) is 0 Å². The third-order valence-electron chi connectivity index (χ3n) is 3.91. The summed E-state index contributed by atoms with van der Waals surface area (Å²) in [7, 11) is 0. The molecule has 1 fully saturated rings. The summed E-state index contributed by atoms with van der Waals surface area (Å²) in [6.45, 7) is 8.04. The van der Waals surface area contributed by atoms with Gasteiger partial charge in [-0.15, -0.1) is 0 Å². The van der Waals surface area contributed by atoms with Crippen molar-refractivity contribution in [1.29, 1.82) is 0 Å². The molecule has 0 bridgehead atoms. The summed E-state index contributed by atoms with van der Waals surface area (Å²) in [4.78, 5) is 24.1. The van der Waals surface area contributed by atoms with Crippen LogP contribution in [0, 0.1) is 17.3 Å². The van der Waals surface area contributed by atoms with Crippen molar-refractivity contribution in [2.75, 3.05) is 13.1 Å². The highest BCUT2D eigenvalue weighted by molar-refractivity contribution is 6.02. The maximum atomic E-state index is 12.3. The maximum Gasteiger partial charge on any atom is 0.233 e. The highest BCUT2D eigenvalue weighted by Gasteiger charge is 2.45. The first-order valence-corrected chi connectivity index (χ1v) is 7.06. The summed E-state index contributed by atoms with van der Waals surface area (Å²) in [6, 6.07) is 3.89. The highest BCUT2D eigenvalue weighted by atomic mass is 16.2. The number of nitrogens with zero attached hydrogens (tertiary/aromatic N) is 1. The van der Waals surface area contributed by atoms with Gasteiger partial charge in [0.25, 0.3) is 0 Å². The van der Waals surface area contributed by atoms with Gasteiger partial charge in [0.2, 0.25) is 11.8 Å². The molecule has 2 atom stereocenters. The van der Waals surface area contributed by atoms with Crippen molar-refractivity contribution in [1.82, 2.24) is 15.2 Å². The van der Waals surface area contributed by atoms with E-state index in [0.717, 1.165) is 0 Å². The molecular weight excluding hydrogens is 254 g/mol. The number of amides is 2. The normalized spacial score (nSPS) is 22.6. The van der Waals surface area contributed by atoms with Crippen LogP contribution in [0.1, 0.15) is 20.8 Å². The molecule has 0 aliphatic carbocycles. The third-order valence-corrected chi connectivity index (χ3v) is 3.91. The smallest absolute Gasteiger partial charge is 0.233 e. The van der Waals surface area contributed by atoms with Crippen molar-refractivity contribution in [3.63, 3.8) is 0 Å². The largest absolute Gasteiger partial charge is 0.355 e. The fourth-order valence-corrected chi connectivity index (χ4v) is 2.67. The second kappa shape index (κ2) is 5.69. The molecule has 20 heavy (non-hydrogen) atoms. The van der Waals surface area contributed by atoms with Crippen molar-refractivity contribution < 1.29 is 9.59 Å². The topological polar surface area (TPSA) is 63.1 Å². The molecule has 2 heterocycles. The minimum Gasteiger partial charge on any atom is -0.355 e. The zero-order chi connectivity index (χ0) is 14.8. The molecule has 1 aromatic rings. The van der Waals surface area contributed by atoms with Crippen LogP contribution in [0.25, 0.3) is 0 Å². The molecule has 0 unspecified atom stereocenters. The Kier molecular flexibility index (Phi) is 4.16. The zero-order valence-corrected chi connectivity index (χ0v) is 12.3. The Balaban J connectivity index is 1.91. The summed E-state index contributed by atoms with van der Waals surface area (Å²) in [5.41, 5.74) is -0.0679. The molecular formula is C15H23N3O2. The van der Waals surface area contributed by atoms with Crippen molar-refractivity contribution >= 4 is 11.8 Å². The zero-order valence-electron chi connectivity index (χ0n) is 12.3. The Morgan fingerprint density at radius 3 is 2.65 bits per heavy atom. The lowest BCUT2D eigenvalue weighted by molar-refractivity contribution is -0.135. The molecule has 2 N–H and O–H groups in total. The Morgan fingerprint density at radius 1 is 1.40 bits per heavy atom. The fraction of sp³-hybridized carbons (Fsp3) is 0.600. The molecule has 1 aromatic heterocycles. The first kappa shape index (κ1) is 14.6. The van der Waals surface area contributed by atoms with Gasteiger partial charge in [0, 0.05) is 37.9 Å². The van der Waals surface area contributed by atoms with Crippen molar-refractivity contribution in [3.05, 3.63) is 24.5 Å². The Labute approximate surface area is 119 Å². The molecule has 1 saturated heterocycles. The van der Waals surface area contributed by atoms with Gasteiger partial charge in [-0.1, -0.05) is 20.8 Å². The Morgan fingerprint density at radius 2 is 2.05 bits per heavy atom. The summed E-state index contributed by atoms with van der Waals surface area (Å²) in [5, 5.41) is 5.68. The average Bonchev–Trinajstić information content (AvgIpc) is 2.97. The monoisotopic (exact) mass is 277 g/mol. The molecule has 0 saturated carbocycles. The second-order valence-electron chi connectivity index (χ2n) is 6.41. The SMILES string of the molecule is CC(C)(C)[C@@H]1CNC(=O)[C@H]1C(=O)NCCn1cccc1. The van der Waals surface area contributed by atoms with Crippen LogP contribution in [0.15, 0.2) is 24.5 Å². The van der Waals surface area contributed by atoms with Crippen LogP contribution in [0.3, 0.4) is 0 Å². The van der Waals surface area contributed by atoms with Gasteiger partial charge in [-0.25, -0.2) is 0 Å². The lowest BCUT2D eigenvalue weighted by Gasteiger charge is -2.29. The van der Waals surface area contributed by atoms with Gasteiger partial charge in [-0.3, -0.25) is 9.59 Å². The number of nitrogens with one attached hydrogen (secondary N) is 2. The first-order chi connectivity index (χ1) is 9.39. The van der Waals surface area contributed by atoms with Crippen LogP contribution >= 0.6 is 0 Å². The van der Waals surface area contributed by atoms with E-state index in [4.69, 9.17) is 0 Å². The van der Waals surface area contributed by atoms with E-state index in [0.29, 0.717) is 19.6 Å². The van der Waals surface area contributed by atoms with Crippen LogP contribution in [-0.4, -0.2) is 29.5 Å². The number of carbonyl (C=O) groups excluding carboxylic acids is 2. The van der Waals surface area contributed by atoms with Gasteiger partial charge in [0.1, 0.15) is 5.92 Å². The molecule has 5 heteroatoms. The van der Waals surface area contributed by atoms with E-state index in [1.165, 1.54) is 0 Å². The molecule has 2 amide bonds. The van der Waals surface area contributed by atoms with Gasteiger partial charge in [0.05, 0.1) is 0 Å². The number of rotatable bonds is 4. The molecule has 0 aromatic carbocycles. The standard InChI is InChI=1S/C15H23N3O2/c1-15(2,3)11-10-17-14(20)12(11)13(19)16-6-9-18-7-4-5-8-18/h4-5,7-8,11-12H,6,9-10H2,1-3H3,(H,16,19)(H,17,20)/t11-,12-/m1/s1.